The summed E-state index contributed by atoms with van der Waals surface area (Å²) in [5.41, 5.74) is 0.856. The lowest BCUT2D eigenvalue weighted by atomic mass is 10.2. The van der Waals surface area contributed by atoms with Gasteiger partial charge in [0.15, 0.2) is 0 Å². The van der Waals surface area contributed by atoms with Crippen LogP contribution in [0.15, 0.2) is 24.3 Å². The van der Waals surface area contributed by atoms with E-state index in [1.165, 1.54) is 0 Å². The van der Waals surface area contributed by atoms with Gasteiger partial charge < -0.3 is 15.2 Å². The summed E-state index contributed by atoms with van der Waals surface area (Å²) in [5.74, 6) is 0.802. The van der Waals surface area contributed by atoms with E-state index in [4.69, 9.17) is 9.84 Å². The van der Waals surface area contributed by atoms with Crippen molar-refractivity contribution in [3.05, 3.63) is 29.8 Å². The maximum absolute atomic E-state index is 9.03. The van der Waals surface area contributed by atoms with Crippen molar-refractivity contribution < 1.29 is 9.84 Å². The second-order valence-electron chi connectivity index (χ2n) is 3.16. The quantitative estimate of drug-likeness (QED) is 0.711. The van der Waals surface area contributed by atoms with E-state index in [0.717, 1.165) is 24.4 Å². The number of aliphatic hydroxyl groups is 1. The van der Waals surface area contributed by atoms with Gasteiger partial charge >= 0.3 is 0 Å². The Kier molecular flexibility index (Phi) is 2.47. The van der Waals surface area contributed by atoms with Crippen LogP contribution >= 0.6 is 0 Å². The molecule has 0 atom stereocenters. The summed E-state index contributed by atoms with van der Waals surface area (Å²) in [6.07, 6.45) is 0.271. The van der Waals surface area contributed by atoms with Gasteiger partial charge in [-0.3, -0.25) is 0 Å². The fourth-order valence-electron chi connectivity index (χ4n) is 1.27. The molecule has 0 aromatic heterocycles. The van der Waals surface area contributed by atoms with E-state index in [2.05, 4.69) is 5.32 Å². The Balaban J connectivity index is 2.08. The van der Waals surface area contributed by atoms with Crippen molar-refractivity contribution in [1.29, 1.82) is 0 Å². The number of hydrogen-bond acceptors (Lipinski definition) is 3. The minimum Gasteiger partial charge on any atom is -0.487 e. The average molecular weight is 179 g/mol. The summed E-state index contributed by atoms with van der Waals surface area (Å²) < 4.78 is 5.65. The molecular weight excluding hydrogens is 166 g/mol. The minimum absolute atomic E-state index is 0.0380. The lowest BCUT2D eigenvalue weighted by molar-refractivity contribution is 0.138. The van der Waals surface area contributed by atoms with Crippen LogP contribution in [-0.4, -0.2) is 24.3 Å². The SMILES string of the molecule is OCc1ccccc1OC1CNC1. The van der Waals surface area contributed by atoms with E-state index in [9.17, 15) is 0 Å². The average Bonchev–Trinajstić information content (AvgIpc) is 2.12. The van der Waals surface area contributed by atoms with Crippen LogP contribution in [0.5, 0.6) is 5.75 Å². The molecule has 0 spiro atoms. The Bertz CT molecular complexity index is 284. The van der Waals surface area contributed by atoms with Gasteiger partial charge in [0.2, 0.25) is 0 Å². The Morgan fingerprint density at radius 3 is 2.77 bits per heavy atom. The third-order valence-corrected chi connectivity index (χ3v) is 2.18. The summed E-state index contributed by atoms with van der Waals surface area (Å²) in [4.78, 5) is 0. The first kappa shape index (κ1) is 8.53. The van der Waals surface area contributed by atoms with Gasteiger partial charge in [-0.05, 0) is 6.07 Å². The topological polar surface area (TPSA) is 41.5 Å². The maximum atomic E-state index is 9.03. The fourth-order valence-corrected chi connectivity index (χ4v) is 1.27. The summed E-state index contributed by atoms with van der Waals surface area (Å²) in [7, 11) is 0. The summed E-state index contributed by atoms with van der Waals surface area (Å²) >= 11 is 0. The third-order valence-electron chi connectivity index (χ3n) is 2.18. The Hall–Kier alpha value is -1.06. The number of aliphatic hydroxyl groups excluding tert-OH is 1. The molecule has 1 fully saturated rings. The molecule has 0 saturated carbocycles. The smallest absolute Gasteiger partial charge is 0.125 e. The molecule has 0 bridgehead atoms. The normalized spacial score (nSPS) is 16.7. The zero-order chi connectivity index (χ0) is 9.10. The molecule has 0 aliphatic carbocycles. The first-order valence-corrected chi connectivity index (χ1v) is 4.46. The first-order valence-electron chi connectivity index (χ1n) is 4.46. The lowest BCUT2D eigenvalue weighted by Crippen LogP contribution is -2.50. The van der Waals surface area contributed by atoms with Crippen molar-refractivity contribution in [2.75, 3.05) is 13.1 Å². The molecule has 1 aromatic carbocycles. The van der Waals surface area contributed by atoms with E-state index in [0.29, 0.717) is 0 Å². The van der Waals surface area contributed by atoms with E-state index < -0.39 is 0 Å². The number of benzene rings is 1. The number of hydrogen-bond donors (Lipinski definition) is 2. The van der Waals surface area contributed by atoms with E-state index in [-0.39, 0.29) is 12.7 Å². The standard InChI is InChI=1S/C10H13NO2/c12-7-8-3-1-2-4-10(8)13-9-5-11-6-9/h1-4,9,11-12H,5-7H2. The maximum Gasteiger partial charge on any atom is 0.125 e. The van der Waals surface area contributed by atoms with Gasteiger partial charge in [-0.15, -0.1) is 0 Å². The predicted molar refractivity (Wildman–Crippen MR) is 49.7 cm³/mol. The summed E-state index contributed by atoms with van der Waals surface area (Å²) in [6.45, 7) is 1.84. The number of ether oxygens (including phenoxy) is 1. The van der Waals surface area contributed by atoms with Gasteiger partial charge in [-0.1, -0.05) is 18.2 Å². The third kappa shape index (κ3) is 1.82. The largest absolute Gasteiger partial charge is 0.487 e. The zero-order valence-electron chi connectivity index (χ0n) is 7.36. The Morgan fingerprint density at radius 1 is 1.38 bits per heavy atom. The van der Waals surface area contributed by atoms with Gasteiger partial charge in [-0.2, -0.15) is 0 Å². The Morgan fingerprint density at radius 2 is 2.15 bits per heavy atom. The highest BCUT2D eigenvalue weighted by Crippen LogP contribution is 2.19. The number of nitrogens with one attached hydrogen (secondary N) is 1. The fraction of sp³-hybridized carbons (Fsp3) is 0.400. The van der Waals surface area contributed by atoms with Crippen molar-refractivity contribution in [3.63, 3.8) is 0 Å². The summed E-state index contributed by atoms with van der Waals surface area (Å²) in [5, 5.41) is 12.2. The van der Waals surface area contributed by atoms with Crippen molar-refractivity contribution in [3.8, 4) is 5.75 Å². The molecule has 1 heterocycles. The Labute approximate surface area is 77.3 Å². The molecule has 2 N–H and O–H groups in total. The molecule has 0 amide bonds. The molecule has 1 aliphatic rings. The monoisotopic (exact) mass is 179 g/mol. The molecule has 0 unspecified atom stereocenters. The van der Waals surface area contributed by atoms with Gasteiger partial charge in [0.1, 0.15) is 11.9 Å². The zero-order valence-corrected chi connectivity index (χ0v) is 7.36. The van der Waals surface area contributed by atoms with Crippen molar-refractivity contribution in [2.45, 2.75) is 12.7 Å². The molecule has 0 radical (unpaired) electrons. The predicted octanol–water partition coefficient (Wildman–Crippen LogP) is 0.529. The highest BCUT2D eigenvalue weighted by molar-refractivity contribution is 5.32. The van der Waals surface area contributed by atoms with Crippen LogP contribution < -0.4 is 10.1 Å². The van der Waals surface area contributed by atoms with Gasteiger partial charge in [0.05, 0.1) is 6.61 Å². The second-order valence-corrected chi connectivity index (χ2v) is 3.16. The lowest BCUT2D eigenvalue weighted by Gasteiger charge is -2.28. The van der Waals surface area contributed by atoms with Crippen LogP contribution in [0.2, 0.25) is 0 Å². The van der Waals surface area contributed by atoms with Gasteiger partial charge in [0, 0.05) is 18.7 Å². The van der Waals surface area contributed by atoms with Crippen molar-refractivity contribution in [1.82, 2.24) is 5.32 Å². The first-order chi connectivity index (χ1) is 6.40. The highest BCUT2D eigenvalue weighted by Gasteiger charge is 2.18. The molecule has 1 aliphatic heterocycles. The highest BCUT2D eigenvalue weighted by atomic mass is 16.5. The summed E-state index contributed by atoms with van der Waals surface area (Å²) in [6, 6.07) is 7.59. The minimum atomic E-state index is 0.0380. The second kappa shape index (κ2) is 3.77. The molecule has 1 aromatic rings. The van der Waals surface area contributed by atoms with Crippen molar-refractivity contribution >= 4 is 0 Å². The van der Waals surface area contributed by atoms with Crippen LogP contribution in [0, 0.1) is 0 Å². The van der Waals surface area contributed by atoms with Gasteiger partial charge in [0.25, 0.3) is 0 Å². The molecule has 13 heavy (non-hydrogen) atoms. The number of para-hydroxylation sites is 1. The van der Waals surface area contributed by atoms with Gasteiger partial charge in [-0.25, -0.2) is 0 Å². The van der Waals surface area contributed by atoms with Crippen LogP contribution in [0.3, 0.4) is 0 Å². The van der Waals surface area contributed by atoms with Crippen LogP contribution in [-0.2, 0) is 6.61 Å². The molecule has 70 valence electrons. The van der Waals surface area contributed by atoms with Crippen LogP contribution in [0.25, 0.3) is 0 Å². The van der Waals surface area contributed by atoms with E-state index in [1.54, 1.807) is 0 Å². The van der Waals surface area contributed by atoms with E-state index >= 15 is 0 Å². The van der Waals surface area contributed by atoms with Crippen LogP contribution in [0.4, 0.5) is 0 Å². The molecular formula is C10H13NO2. The molecule has 2 rings (SSSR count). The van der Waals surface area contributed by atoms with E-state index in [1.807, 2.05) is 24.3 Å². The molecule has 3 nitrogen and oxygen atoms in total. The number of rotatable bonds is 3. The molecule has 3 heteroatoms. The molecule has 1 saturated heterocycles. The van der Waals surface area contributed by atoms with Crippen molar-refractivity contribution in [2.24, 2.45) is 0 Å². The van der Waals surface area contributed by atoms with Crippen LogP contribution in [0.1, 0.15) is 5.56 Å².